The first kappa shape index (κ1) is 23.7. The number of carbonyl (C=O) groups excluding carboxylic acids is 1. The normalized spacial score (nSPS) is 18.7. The van der Waals surface area contributed by atoms with Crippen molar-refractivity contribution in [2.75, 3.05) is 12.8 Å². The Morgan fingerprint density at radius 2 is 2.03 bits per heavy atom. The molecule has 4 rings (SSSR count). The summed E-state index contributed by atoms with van der Waals surface area (Å²) in [6.45, 7) is 7.48. The van der Waals surface area contributed by atoms with Crippen molar-refractivity contribution in [1.29, 1.82) is 0 Å². The summed E-state index contributed by atoms with van der Waals surface area (Å²) in [6, 6.07) is 12.0. The molecule has 0 unspecified atom stereocenters. The Morgan fingerprint density at radius 3 is 2.73 bits per heavy atom. The van der Waals surface area contributed by atoms with Crippen molar-refractivity contribution in [1.82, 2.24) is 19.6 Å². The molecule has 0 radical (unpaired) electrons. The van der Waals surface area contributed by atoms with Crippen LogP contribution in [0.5, 0.6) is 0 Å². The number of rotatable bonds is 3. The number of benzene rings is 1. The van der Waals surface area contributed by atoms with Crippen LogP contribution in [0.4, 0.5) is 4.79 Å². The molecule has 10 heteroatoms. The van der Waals surface area contributed by atoms with Gasteiger partial charge in [0.1, 0.15) is 17.0 Å². The number of halogens is 1. The molecule has 0 aliphatic carbocycles. The van der Waals surface area contributed by atoms with E-state index in [1.165, 1.54) is 0 Å². The number of ether oxygens (including phenoxy) is 1. The third-order valence-corrected chi connectivity index (χ3v) is 7.93. The molecule has 0 fully saturated rings. The summed E-state index contributed by atoms with van der Waals surface area (Å²) in [5, 5.41) is 3.39. The number of carbonyl (C=O) groups is 1. The van der Waals surface area contributed by atoms with E-state index < -0.39 is 17.2 Å². The smallest absolute Gasteiger partial charge is 0.414 e. The van der Waals surface area contributed by atoms with E-state index in [9.17, 15) is 4.79 Å². The summed E-state index contributed by atoms with van der Waals surface area (Å²) < 4.78 is 7.21. The van der Waals surface area contributed by atoms with Crippen LogP contribution in [0.15, 0.2) is 47.6 Å². The molecule has 174 valence electrons. The number of nitrogens with one attached hydrogen (secondary N) is 2. The number of hydrogen-bond donors (Lipinski definition) is 2. The Labute approximate surface area is 206 Å². The highest BCUT2D eigenvalue weighted by Crippen LogP contribution is 2.45. The second kappa shape index (κ2) is 9.04. The minimum absolute atomic E-state index is 0.429. The Balaban J connectivity index is 1.61. The van der Waals surface area contributed by atoms with Gasteiger partial charge in [0.2, 0.25) is 5.96 Å². The molecule has 1 aromatic carbocycles. The maximum atomic E-state index is 12.3. The summed E-state index contributed by atoms with van der Waals surface area (Å²) >= 11 is 9.79. The molecule has 2 aromatic heterocycles. The van der Waals surface area contributed by atoms with Gasteiger partial charge in [0.25, 0.3) is 0 Å². The minimum atomic E-state index is -0.615. The lowest BCUT2D eigenvalue weighted by atomic mass is 10.0. The third kappa shape index (κ3) is 5.37. The molecule has 1 atom stereocenters. The molecule has 3 heterocycles. The van der Waals surface area contributed by atoms with Crippen LogP contribution in [0.3, 0.4) is 0 Å². The number of amides is 1. The zero-order chi connectivity index (χ0) is 23.8. The Morgan fingerprint density at radius 1 is 1.30 bits per heavy atom. The topological polar surface area (TPSA) is 82.6 Å². The van der Waals surface area contributed by atoms with Crippen molar-refractivity contribution in [3.05, 3.63) is 52.5 Å². The molecule has 0 bridgehead atoms. The first-order valence-electron chi connectivity index (χ1n) is 10.4. The van der Waals surface area contributed by atoms with E-state index in [2.05, 4.69) is 15.3 Å². The summed E-state index contributed by atoms with van der Waals surface area (Å²) in [5.41, 5.74) is 0.804. The van der Waals surface area contributed by atoms with Gasteiger partial charge in [0, 0.05) is 12.8 Å². The van der Waals surface area contributed by atoms with Crippen LogP contribution in [0.2, 0.25) is 5.02 Å². The van der Waals surface area contributed by atoms with Crippen LogP contribution >= 0.6 is 34.9 Å². The second-order valence-electron chi connectivity index (χ2n) is 8.91. The molecule has 7 nitrogen and oxygen atoms in total. The van der Waals surface area contributed by atoms with Gasteiger partial charge >= 0.3 is 6.09 Å². The van der Waals surface area contributed by atoms with Crippen LogP contribution in [0.25, 0.3) is 22.0 Å². The van der Waals surface area contributed by atoms with Crippen molar-refractivity contribution in [3.8, 4) is 22.0 Å². The van der Waals surface area contributed by atoms with Gasteiger partial charge in [0.05, 0.1) is 26.7 Å². The van der Waals surface area contributed by atoms with Gasteiger partial charge in [-0.1, -0.05) is 41.9 Å². The minimum Gasteiger partial charge on any atom is -0.444 e. The van der Waals surface area contributed by atoms with Crippen LogP contribution in [-0.2, 0) is 10.3 Å². The SMILES string of the molecule is CN1SC[C@@](C)(c2sc(-c3ncc(-c4ccccc4)[nH]3)cc2Cl)N=C1NC(=O)OC(C)(C)C. The maximum absolute atomic E-state index is 12.3. The number of nitrogens with zero attached hydrogens (tertiary/aromatic N) is 3. The third-order valence-electron chi connectivity index (χ3n) is 4.87. The summed E-state index contributed by atoms with van der Waals surface area (Å²) in [4.78, 5) is 27.0. The lowest BCUT2D eigenvalue weighted by Crippen LogP contribution is -2.46. The molecule has 2 N–H and O–H groups in total. The highest BCUT2D eigenvalue weighted by atomic mass is 35.5. The Kier molecular flexibility index (Phi) is 6.48. The molecule has 1 aliphatic rings. The van der Waals surface area contributed by atoms with Gasteiger partial charge in [-0.25, -0.2) is 14.8 Å². The van der Waals surface area contributed by atoms with Crippen molar-refractivity contribution in [3.63, 3.8) is 0 Å². The Bertz CT molecular complexity index is 1190. The fourth-order valence-electron chi connectivity index (χ4n) is 3.30. The summed E-state index contributed by atoms with van der Waals surface area (Å²) in [7, 11) is 1.86. The number of aromatic amines is 1. The van der Waals surface area contributed by atoms with Gasteiger partial charge in [0.15, 0.2) is 0 Å². The van der Waals surface area contributed by atoms with Crippen LogP contribution in [0, 0.1) is 0 Å². The van der Waals surface area contributed by atoms with Crippen molar-refractivity contribution in [2.45, 2.75) is 38.8 Å². The highest BCUT2D eigenvalue weighted by Gasteiger charge is 2.37. The predicted molar refractivity (Wildman–Crippen MR) is 137 cm³/mol. The number of thiophene rings is 1. The molecular weight excluding hydrogens is 478 g/mol. The molecule has 1 amide bonds. The zero-order valence-corrected chi connectivity index (χ0v) is 21.5. The molecule has 0 spiro atoms. The zero-order valence-electron chi connectivity index (χ0n) is 19.1. The fourth-order valence-corrected chi connectivity index (χ4v) is 5.84. The van der Waals surface area contributed by atoms with Crippen LogP contribution in [0.1, 0.15) is 32.6 Å². The summed E-state index contributed by atoms with van der Waals surface area (Å²) in [5.74, 6) is 1.86. The van der Waals surface area contributed by atoms with Crippen LogP contribution < -0.4 is 5.32 Å². The van der Waals surface area contributed by atoms with E-state index in [0.29, 0.717) is 16.7 Å². The monoisotopic (exact) mass is 503 g/mol. The molecule has 0 saturated heterocycles. The van der Waals surface area contributed by atoms with Crippen molar-refractivity contribution < 1.29 is 9.53 Å². The first-order valence-corrected chi connectivity index (χ1v) is 12.5. The molecule has 1 aliphatic heterocycles. The number of aliphatic imine (C=N–C) groups is 1. The highest BCUT2D eigenvalue weighted by molar-refractivity contribution is 7.97. The maximum Gasteiger partial charge on any atom is 0.414 e. The lowest BCUT2D eigenvalue weighted by molar-refractivity contribution is 0.0559. The number of alkyl carbamates (subject to hydrolysis) is 1. The largest absolute Gasteiger partial charge is 0.444 e. The second-order valence-corrected chi connectivity index (χ2v) is 11.5. The molecule has 3 aromatic rings. The van der Waals surface area contributed by atoms with Gasteiger partial charge in [-0.2, -0.15) is 0 Å². The van der Waals surface area contributed by atoms with Gasteiger partial charge in [-0.15, -0.1) is 11.3 Å². The number of imidazole rings is 1. The van der Waals surface area contributed by atoms with E-state index >= 15 is 0 Å². The van der Waals surface area contributed by atoms with Gasteiger partial charge < -0.3 is 9.72 Å². The van der Waals surface area contributed by atoms with E-state index in [-0.39, 0.29) is 0 Å². The lowest BCUT2D eigenvalue weighted by Gasteiger charge is -2.35. The number of hydrogen-bond acceptors (Lipinski definition) is 7. The fraction of sp³-hybridized carbons (Fsp3) is 0.348. The summed E-state index contributed by atoms with van der Waals surface area (Å²) in [6.07, 6.45) is 1.28. The molecule has 33 heavy (non-hydrogen) atoms. The average Bonchev–Trinajstić information content (AvgIpc) is 3.37. The van der Waals surface area contributed by atoms with Crippen molar-refractivity contribution >= 4 is 46.9 Å². The van der Waals surface area contributed by atoms with E-state index in [1.54, 1.807) is 23.3 Å². The first-order chi connectivity index (χ1) is 15.5. The standard InChI is InChI=1S/C23H26ClN5O2S2/c1-22(2,3)31-21(30)27-20-28-23(4,13-32-29(20)5)18-15(24)11-17(33-18)19-25-12-16(26-19)14-9-7-6-8-10-14/h6-12H,13H2,1-5H3,(H,25,26)(H,27,28,30)/t23-/m0/s1. The predicted octanol–water partition coefficient (Wildman–Crippen LogP) is 6.15. The van der Waals surface area contributed by atoms with E-state index in [0.717, 1.165) is 26.8 Å². The number of guanidine groups is 1. The number of aromatic nitrogens is 2. The van der Waals surface area contributed by atoms with Crippen LogP contribution in [-0.4, -0.2) is 44.7 Å². The quantitative estimate of drug-likeness (QED) is 0.419. The molecule has 0 saturated carbocycles. The number of H-pyrrole nitrogens is 1. The van der Waals surface area contributed by atoms with E-state index in [4.69, 9.17) is 21.3 Å². The van der Waals surface area contributed by atoms with Gasteiger partial charge in [-0.05, 0) is 51.3 Å². The van der Waals surface area contributed by atoms with E-state index in [1.807, 2.05) is 81.6 Å². The average molecular weight is 504 g/mol. The molecular formula is C23H26ClN5O2S2. The van der Waals surface area contributed by atoms with Gasteiger partial charge in [-0.3, -0.25) is 9.62 Å². The Hall–Kier alpha value is -2.49. The van der Waals surface area contributed by atoms with Crippen molar-refractivity contribution in [2.24, 2.45) is 4.99 Å².